The summed E-state index contributed by atoms with van der Waals surface area (Å²) in [5, 5.41) is 0. The van der Waals surface area contributed by atoms with Gasteiger partial charge in [-0.2, -0.15) is 0 Å². The van der Waals surface area contributed by atoms with E-state index in [1.807, 2.05) is 6.07 Å². The molecule has 1 aromatic rings. The topological polar surface area (TPSA) is 50.9 Å². The molecule has 0 saturated heterocycles. The molecule has 1 unspecified atom stereocenters. The largest absolute Gasteiger partial charge is 0.271 e. The zero-order valence-electron chi connectivity index (χ0n) is 9.13. The molecule has 0 fully saturated rings. The number of nitrogens with two attached hydrogens (primary N) is 1. The lowest BCUT2D eigenvalue weighted by atomic mass is 10.0. The first-order chi connectivity index (χ1) is 7.58. The Morgan fingerprint density at radius 1 is 1.62 bits per heavy atom. The smallest absolute Gasteiger partial charge is 0.0732 e. The normalized spacial score (nSPS) is 12.5. The van der Waals surface area contributed by atoms with Crippen LogP contribution < -0.4 is 11.3 Å². The minimum Gasteiger partial charge on any atom is -0.271 e. The number of pyridine rings is 1. The fourth-order valence-electron chi connectivity index (χ4n) is 1.35. The molecule has 88 valence electrons. The van der Waals surface area contributed by atoms with E-state index in [9.17, 15) is 0 Å². The summed E-state index contributed by atoms with van der Waals surface area (Å²) in [6.45, 7) is 6.07. The molecule has 0 aliphatic rings. The fraction of sp³-hybridized carbons (Fsp3) is 0.364. The van der Waals surface area contributed by atoms with E-state index in [4.69, 9.17) is 5.84 Å². The van der Waals surface area contributed by atoms with E-state index in [1.165, 1.54) is 0 Å². The number of aromatic nitrogens is 1. The van der Waals surface area contributed by atoms with Gasteiger partial charge < -0.3 is 0 Å². The maximum atomic E-state index is 5.55. The summed E-state index contributed by atoms with van der Waals surface area (Å²) in [5.74, 6) is 5.55. The second-order valence-corrected chi connectivity index (χ2v) is 5.32. The Balaban J connectivity index is 2.90. The molecule has 3 N–H and O–H groups in total. The van der Waals surface area contributed by atoms with Crippen LogP contribution in [0.15, 0.2) is 33.4 Å². The van der Waals surface area contributed by atoms with Crippen LogP contribution in [0.2, 0.25) is 0 Å². The molecule has 3 nitrogen and oxygen atoms in total. The predicted molar refractivity (Wildman–Crippen MR) is 73.7 cm³/mol. The van der Waals surface area contributed by atoms with E-state index in [-0.39, 0.29) is 6.04 Å². The summed E-state index contributed by atoms with van der Waals surface area (Å²) < 4.78 is 1.88. The van der Waals surface area contributed by atoms with Crippen molar-refractivity contribution in [2.24, 2.45) is 5.84 Å². The quantitative estimate of drug-likeness (QED) is 0.486. The third kappa shape index (κ3) is 3.66. The molecule has 16 heavy (non-hydrogen) atoms. The van der Waals surface area contributed by atoms with Crippen molar-refractivity contribution in [3.05, 3.63) is 39.1 Å². The first kappa shape index (κ1) is 13.8. The lowest BCUT2D eigenvalue weighted by Gasteiger charge is -2.17. The van der Waals surface area contributed by atoms with Crippen molar-refractivity contribution in [1.29, 1.82) is 0 Å². The van der Waals surface area contributed by atoms with Gasteiger partial charge in [-0.25, -0.2) is 0 Å². The standard InChI is InChI=1S/C11H15Br2N3/c1-3-7(2)4-10(16-14)11-9(13)5-8(12)6-15-11/h5-6,10,16H,2-4,14H2,1H3. The minimum atomic E-state index is -0.00470. The van der Waals surface area contributed by atoms with Crippen molar-refractivity contribution in [2.45, 2.75) is 25.8 Å². The third-order valence-corrected chi connectivity index (χ3v) is 3.43. The third-order valence-electron chi connectivity index (χ3n) is 2.36. The number of hydrogen-bond acceptors (Lipinski definition) is 3. The lowest BCUT2D eigenvalue weighted by molar-refractivity contribution is 0.529. The Bertz CT molecular complexity index is 379. The van der Waals surface area contributed by atoms with E-state index in [0.717, 1.165) is 33.1 Å². The molecule has 0 aromatic carbocycles. The van der Waals surface area contributed by atoms with Gasteiger partial charge in [0.15, 0.2) is 0 Å². The Labute approximate surface area is 113 Å². The van der Waals surface area contributed by atoms with Gasteiger partial charge in [-0.15, -0.1) is 0 Å². The second-order valence-electron chi connectivity index (χ2n) is 3.55. The predicted octanol–water partition coefficient (Wildman–Crippen LogP) is 3.47. The second kappa shape index (κ2) is 6.49. The van der Waals surface area contributed by atoms with Gasteiger partial charge in [0.25, 0.3) is 0 Å². The SMILES string of the molecule is C=C(CC)CC(NN)c1ncc(Br)cc1Br. The van der Waals surface area contributed by atoms with Gasteiger partial charge in [0.05, 0.1) is 11.7 Å². The van der Waals surface area contributed by atoms with E-state index in [0.29, 0.717) is 0 Å². The molecule has 5 heteroatoms. The molecule has 0 aliphatic carbocycles. The molecular formula is C11H15Br2N3. The highest BCUT2D eigenvalue weighted by molar-refractivity contribution is 9.11. The van der Waals surface area contributed by atoms with Gasteiger partial charge in [0, 0.05) is 15.1 Å². The number of nitrogens with zero attached hydrogens (tertiary/aromatic N) is 1. The molecule has 1 atom stereocenters. The molecule has 1 rings (SSSR count). The number of hydrazine groups is 1. The molecule has 1 aromatic heterocycles. The maximum absolute atomic E-state index is 5.55. The van der Waals surface area contributed by atoms with Crippen molar-refractivity contribution in [3.8, 4) is 0 Å². The van der Waals surface area contributed by atoms with Gasteiger partial charge in [0.1, 0.15) is 0 Å². The first-order valence-corrected chi connectivity index (χ1v) is 6.60. The van der Waals surface area contributed by atoms with Crippen molar-refractivity contribution in [2.75, 3.05) is 0 Å². The lowest BCUT2D eigenvalue weighted by Crippen LogP contribution is -2.29. The molecule has 0 spiro atoms. The van der Waals surface area contributed by atoms with Gasteiger partial charge in [0.2, 0.25) is 0 Å². The van der Waals surface area contributed by atoms with E-state index < -0.39 is 0 Å². The van der Waals surface area contributed by atoms with Crippen LogP contribution in [0.1, 0.15) is 31.5 Å². The Morgan fingerprint density at radius 2 is 2.31 bits per heavy atom. The monoisotopic (exact) mass is 347 g/mol. The van der Waals surface area contributed by atoms with Crippen LogP contribution in [0, 0.1) is 0 Å². The first-order valence-electron chi connectivity index (χ1n) is 5.02. The molecule has 0 amide bonds. The number of nitrogens with one attached hydrogen (secondary N) is 1. The summed E-state index contributed by atoms with van der Waals surface area (Å²) in [5.41, 5.74) is 4.83. The van der Waals surface area contributed by atoms with E-state index in [1.54, 1.807) is 6.20 Å². The Morgan fingerprint density at radius 3 is 2.81 bits per heavy atom. The summed E-state index contributed by atoms with van der Waals surface area (Å²) in [6, 6.07) is 1.96. The van der Waals surface area contributed by atoms with Crippen molar-refractivity contribution in [3.63, 3.8) is 0 Å². The van der Waals surface area contributed by atoms with Crippen LogP contribution in [-0.2, 0) is 0 Å². The molecule has 0 bridgehead atoms. The average molecular weight is 349 g/mol. The summed E-state index contributed by atoms with van der Waals surface area (Å²) in [4.78, 5) is 4.36. The van der Waals surface area contributed by atoms with Crippen LogP contribution in [0.4, 0.5) is 0 Å². The van der Waals surface area contributed by atoms with Gasteiger partial charge in [-0.05, 0) is 50.8 Å². The van der Waals surface area contributed by atoms with Crippen LogP contribution in [0.25, 0.3) is 0 Å². The highest BCUT2D eigenvalue weighted by Crippen LogP contribution is 2.27. The van der Waals surface area contributed by atoms with E-state index >= 15 is 0 Å². The van der Waals surface area contributed by atoms with Crippen LogP contribution >= 0.6 is 31.9 Å². The van der Waals surface area contributed by atoms with Gasteiger partial charge in [-0.3, -0.25) is 16.3 Å². The van der Waals surface area contributed by atoms with Crippen LogP contribution in [0.5, 0.6) is 0 Å². The van der Waals surface area contributed by atoms with E-state index in [2.05, 4.69) is 55.8 Å². The molecule has 0 aliphatic heterocycles. The number of halogens is 2. The molecule has 0 saturated carbocycles. The van der Waals surface area contributed by atoms with Crippen molar-refractivity contribution < 1.29 is 0 Å². The molecule has 1 heterocycles. The van der Waals surface area contributed by atoms with Crippen LogP contribution in [0.3, 0.4) is 0 Å². The molecular weight excluding hydrogens is 334 g/mol. The van der Waals surface area contributed by atoms with Crippen molar-refractivity contribution >= 4 is 31.9 Å². The Kier molecular flexibility index (Phi) is 5.61. The van der Waals surface area contributed by atoms with Crippen LogP contribution in [-0.4, -0.2) is 4.98 Å². The van der Waals surface area contributed by atoms with Gasteiger partial charge in [-0.1, -0.05) is 19.1 Å². The average Bonchev–Trinajstić information content (AvgIpc) is 2.26. The molecule has 0 radical (unpaired) electrons. The fourth-order valence-corrected chi connectivity index (χ4v) is 2.61. The summed E-state index contributed by atoms with van der Waals surface area (Å²) in [7, 11) is 0. The maximum Gasteiger partial charge on any atom is 0.0732 e. The zero-order chi connectivity index (χ0) is 12.1. The summed E-state index contributed by atoms with van der Waals surface area (Å²) in [6.07, 6.45) is 3.51. The number of hydrogen-bond donors (Lipinski definition) is 2. The highest BCUT2D eigenvalue weighted by atomic mass is 79.9. The minimum absolute atomic E-state index is 0.00470. The summed E-state index contributed by atoms with van der Waals surface area (Å²) >= 11 is 6.85. The highest BCUT2D eigenvalue weighted by Gasteiger charge is 2.15. The van der Waals surface area contributed by atoms with Gasteiger partial charge >= 0.3 is 0 Å². The van der Waals surface area contributed by atoms with Crippen molar-refractivity contribution in [1.82, 2.24) is 10.4 Å². The zero-order valence-corrected chi connectivity index (χ0v) is 12.3. The number of rotatable bonds is 5. The Hall–Kier alpha value is -0.230.